The van der Waals surface area contributed by atoms with Gasteiger partial charge in [0.15, 0.2) is 16.8 Å². The van der Waals surface area contributed by atoms with E-state index in [1.807, 2.05) is 18.2 Å². The second-order valence-corrected chi connectivity index (χ2v) is 22.6. The summed E-state index contributed by atoms with van der Waals surface area (Å²) in [5, 5.41) is 87.6. The topological polar surface area (TPSA) is 228 Å². The van der Waals surface area contributed by atoms with Crippen LogP contribution >= 0.6 is 0 Å². The molecule has 0 unspecified atom stereocenters. The van der Waals surface area contributed by atoms with Crippen LogP contribution in [0.1, 0.15) is 120 Å². The molecule has 4 aliphatic heterocycles. The largest absolute Gasteiger partial charge is 0.508 e. The number of carbonyl (C=O) groups is 2. The number of methoxy groups -OCH3 is 1. The fourth-order valence-electron chi connectivity index (χ4n) is 15.7. The summed E-state index contributed by atoms with van der Waals surface area (Å²) in [4.78, 5) is 29.8. The van der Waals surface area contributed by atoms with E-state index >= 15 is 0 Å². The van der Waals surface area contributed by atoms with Crippen molar-refractivity contribution < 1.29 is 64.3 Å². The molecule has 8 N–H and O–H groups in total. The first kappa shape index (κ1) is 47.8. The van der Waals surface area contributed by atoms with Gasteiger partial charge in [-0.15, -0.1) is 5.92 Å². The quantitative estimate of drug-likeness (QED) is 0.0891. The number of aliphatic carboxylic acids is 1. The van der Waals surface area contributed by atoms with Gasteiger partial charge in [0.1, 0.15) is 23.7 Å². The zero-order valence-electron chi connectivity index (χ0n) is 40.3. The molecule has 2 spiro atoms. The van der Waals surface area contributed by atoms with Crippen LogP contribution in [0.3, 0.4) is 0 Å². The van der Waals surface area contributed by atoms with Gasteiger partial charge in [-0.25, -0.2) is 4.79 Å². The van der Waals surface area contributed by atoms with Crippen LogP contribution in [0, 0.1) is 58.7 Å². The maximum Gasteiger partial charge on any atom is 0.333 e. The third-order valence-electron chi connectivity index (χ3n) is 19.1. The number of phenols is 1. The molecule has 70 heavy (non-hydrogen) atoms. The Kier molecular flexibility index (Phi) is 12.1. The van der Waals surface area contributed by atoms with Crippen LogP contribution in [0.5, 0.6) is 5.75 Å². The Balaban J connectivity index is 1.15. The number of carboxylic acids is 1. The first-order valence-corrected chi connectivity index (χ1v) is 26.0. The number of benzene rings is 1. The fraction of sp³-hybridized carbons (Fsp3) is 0.643. The molecule has 5 fully saturated rings. The molecular formula is C56H69NO13. The highest BCUT2D eigenvalue weighted by Gasteiger charge is 2.88. The molecule has 11 rings (SSSR count). The van der Waals surface area contributed by atoms with Gasteiger partial charge in [0.25, 0.3) is 0 Å². The minimum absolute atomic E-state index is 0.0778. The highest BCUT2D eigenvalue weighted by molar-refractivity contribution is 5.90. The Morgan fingerprint density at radius 2 is 1.84 bits per heavy atom. The minimum Gasteiger partial charge on any atom is -0.508 e. The Morgan fingerprint density at radius 1 is 1.03 bits per heavy atom. The Bertz CT molecular complexity index is 2670. The molecule has 0 amide bonds. The summed E-state index contributed by atoms with van der Waals surface area (Å²) in [6, 6.07) is 9.27. The number of carbonyl (C=O) groups excluding carboxylic acids is 1. The normalized spacial score (nSPS) is 40.8. The first-order chi connectivity index (χ1) is 33.7. The van der Waals surface area contributed by atoms with Gasteiger partial charge in [-0.2, -0.15) is 0 Å². The molecule has 3 saturated carbocycles. The van der Waals surface area contributed by atoms with Crippen molar-refractivity contribution in [2.75, 3.05) is 20.3 Å². The Hall–Kier alpha value is -4.46. The van der Waals surface area contributed by atoms with Crippen LogP contribution in [0.4, 0.5) is 0 Å². The van der Waals surface area contributed by atoms with Crippen LogP contribution < -0.4 is 10.6 Å². The zero-order chi connectivity index (χ0) is 49.0. The standard InChI is InChI=1S/C56H69NO13/c1-31(35-12-4-3-5-13-35)43-26-41-42-19-21-53(66)51(65)55(42)54(30-59)45(17-9-11-34(29-58)24-44(68-55)47(41)57-43)52(20-18-33(28-52)22-32-10-8-15-37(60)23-32)50(64)56(53,70-54)69-48-36-14-6-7-16-38(48)39(27-46(61)62)40(25-36)49(63)67-2/h7-8,10,15-16,23,25-26,31,33-36,38-39,45,48,50-51,57-60,64-66H,3-6,11-14,18-22,24,27-30H2,1-2H3,(H,61,62)/t31-,33+,34+,36+,38-,39+,45-,48-,50-,51-,52+,53-,54+,55+,56-/m1/s1. The molecule has 14 heteroatoms. The van der Waals surface area contributed by atoms with Gasteiger partial charge in [0.05, 0.1) is 37.5 Å². The predicted molar refractivity (Wildman–Crippen MR) is 254 cm³/mol. The Morgan fingerprint density at radius 3 is 2.59 bits per heavy atom. The first-order valence-electron chi connectivity index (χ1n) is 26.0. The number of aromatic nitrogens is 1. The van der Waals surface area contributed by atoms with Crippen molar-refractivity contribution in [2.24, 2.45) is 46.8 Å². The second-order valence-electron chi connectivity index (χ2n) is 22.6. The number of aromatic hydroxyl groups is 1. The number of allylic oxidation sites excluding steroid dienone is 1. The van der Waals surface area contributed by atoms with Gasteiger partial charge in [0.2, 0.25) is 5.79 Å². The maximum atomic E-state index is 14.0. The lowest BCUT2D eigenvalue weighted by Crippen LogP contribution is -2.93. The van der Waals surface area contributed by atoms with Crippen molar-refractivity contribution in [3.8, 4) is 17.6 Å². The number of fused-ring (bicyclic) bond motifs is 8. The van der Waals surface area contributed by atoms with Crippen molar-refractivity contribution in [3.05, 3.63) is 76.0 Å². The van der Waals surface area contributed by atoms with Crippen LogP contribution in [-0.4, -0.2) is 114 Å². The molecule has 14 nitrogen and oxygen atoms in total. The molecule has 2 saturated heterocycles. The molecule has 0 radical (unpaired) electrons. The predicted octanol–water partition coefficient (Wildman–Crippen LogP) is 4.37. The molecule has 376 valence electrons. The Labute approximate surface area is 408 Å². The summed E-state index contributed by atoms with van der Waals surface area (Å²) in [6.07, 6.45) is 9.71. The lowest BCUT2D eigenvalue weighted by atomic mass is 9.44. The zero-order valence-corrected chi connectivity index (χ0v) is 40.3. The number of esters is 1. The minimum atomic E-state index is -2.46. The smallest absolute Gasteiger partial charge is 0.333 e. The SMILES string of the molecule is COC(=O)C1=C[C@@H]2CCC=C[C@@H]([C@@H]2O[C@]23O[C@@]4(CO)[C@H](C#CC[C@H](CO)CC5=c6[nH]c([C@H](C)C7CCCCC7)cc6=C6CC[C@@]2(O)[C@@H](O)[C@@]64O5)[C@@]2(CC[C@@H](Cc4cccc(O)c4)C2)[C@H]3O)[C@@H]1CC(=O)O. The lowest BCUT2D eigenvalue weighted by Gasteiger charge is -2.75. The van der Waals surface area contributed by atoms with E-state index in [0.29, 0.717) is 55.8 Å². The van der Waals surface area contributed by atoms with Crippen molar-refractivity contribution in [3.63, 3.8) is 0 Å². The number of nitrogens with one attached hydrogen (secondary N) is 1. The number of carboxylic acid groups (broad SMARTS) is 1. The number of aromatic amines is 1. The van der Waals surface area contributed by atoms with E-state index in [4.69, 9.17) is 18.9 Å². The fourth-order valence-corrected chi connectivity index (χ4v) is 15.7. The number of phenolic OH excluding ortho intramolecular Hbond substituents is 1. The number of aliphatic hydroxyl groups excluding tert-OH is 4. The molecule has 1 aromatic heterocycles. The van der Waals surface area contributed by atoms with Gasteiger partial charge in [0, 0.05) is 59.1 Å². The monoisotopic (exact) mass is 963 g/mol. The molecule has 2 aromatic rings. The average molecular weight is 964 g/mol. The number of aliphatic hydroxyl groups is 5. The second kappa shape index (κ2) is 17.6. The van der Waals surface area contributed by atoms with Gasteiger partial charge in [-0.05, 0) is 117 Å². The number of hydrogen-bond acceptors (Lipinski definition) is 12. The summed E-state index contributed by atoms with van der Waals surface area (Å²) in [5.74, 6) is 0.218. The molecule has 5 aliphatic carbocycles. The van der Waals surface area contributed by atoms with Crippen LogP contribution in [0.2, 0.25) is 0 Å². The van der Waals surface area contributed by atoms with E-state index in [9.17, 15) is 45.3 Å². The summed E-state index contributed by atoms with van der Waals surface area (Å²) in [7, 11) is 1.26. The van der Waals surface area contributed by atoms with E-state index in [2.05, 4.69) is 29.8 Å². The van der Waals surface area contributed by atoms with Crippen LogP contribution in [0.15, 0.2) is 54.1 Å². The summed E-state index contributed by atoms with van der Waals surface area (Å²) < 4.78 is 27.8. The van der Waals surface area contributed by atoms with Gasteiger partial charge in [-0.3, -0.25) is 4.79 Å². The third kappa shape index (κ3) is 6.85. The highest BCUT2D eigenvalue weighted by Crippen LogP contribution is 2.73. The number of rotatable bonds is 11. The van der Waals surface area contributed by atoms with E-state index in [1.54, 1.807) is 24.3 Å². The molecule has 9 aliphatic rings. The summed E-state index contributed by atoms with van der Waals surface area (Å²) in [6.45, 7) is 1.30. The molecular weight excluding hydrogens is 895 g/mol. The molecule has 15 atom stereocenters. The molecule has 5 heterocycles. The van der Waals surface area contributed by atoms with E-state index < -0.39 is 95.0 Å². The van der Waals surface area contributed by atoms with E-state index in [-0.39, 0.29) is 61.4 Å². The van der Waals surface area contributed by atoms with Crippen LogP contribution in [0.25, 0.3) is 11.3 Å². The van der Waals surface area contributed by atoms with E-state index in [1.165, 1.54) is 26.4 Å². The average Bonchev–Trinajstić information content (AvgIpc) is 3.96. The highest BCUT2D eigenvalue weighted by atomic mass is 16.8. The third-order valence-corrected chi connectivity index (χ3v) is 19.1. The molecule has 1 aromatic carbocycles. The summed E-state index contributed by atoms with van der Waals surface area (Å²) in [5.41, 5.74) is -4.88. The maximum absolute atomic E-state index is 14.0. The number of hydrogen-bond donors (Lipinski definition) is 8. The van der Waals surface area contributed by atoms with Crippen LogP contribution in [-0.2, 0) is 35.0 Å². The van der Waals surface area contributed by atoms with Gasteiger partial charge >= 0.3 is 11.9 Å². The van der Waals surface area contributed by atoms with E-state index in [0.717, 1.165) is 34.7 Å². The number of H-pyrrole nitrogens is 1. The van der Waals surface area contributed by atoms with Crippen molar-refractivity contribution >= 4 is 23.3 Å². The summed E-state index contributed by atoms with van der Waals surface area (Å²) >= 11 is 0. The van der Waals surface area contributed by atoms with Crippen molar-refractivity contribution in [2.45, 2.75) is 156 Å². The molecule has 7 bridgehead atoms. The van der Waals surface area contributed by atoms with Gasteiger partial charge < -0.3 is 59.7 Å². The number of ether oxygens (including phenoxy) is 4. The van der Waals surface area contributed by atoms with Crippen molar-refractivity contribution in [1.82, 2.24) is 4.98 Å². The van der Waals surface area contributed by atoms with Crippen molar-refractivity contribution in [1.29, 1.82) is 0 Å². The van der Waals surface area contributed by atoms with Gasteiger partial charge in [-0.1, -0.05) is 62.5 Å². The lowest BCUT2D eigenvalue weighted by molar-refractivity contribution is -0.511.